The van der Waals surface area contributed by atoms with Crippen LogP contribution in [0.2, 0.25) is 0 Å². The highest BCUT2D eigenvalue weighted by Crippen LogP contribution is 2.47. The van der Waals surface area contributed by atoms with E-state index in [2.05, 4.69) is 19.6 Å². The second-order valence-electron chi connectivity index (χ2n) is 4.60. The summed E-state index contributed by atoms with van der Waals surface area (Å²) < 4.78 is 37.4. The van der Waals surface area contributed by atoms with E-state index in [1.54, 1.807) is 28.9 Å². The largest absolute Gasteiger partial charge is 0.586 e. The molecule has 0 N–H and O–H groups in total. The molecule has 5 nitrogen and oxygen atoms in total. The minimum atomic E-state index is -3.65. The zero-order valence-electron chi connectivity index (χ0n) is 11.3. The molecule has 0 saturated heterocycles. The van der Waals surface area contributed by atoms with Crippen LogP contribution in [0.1, 0.15) is 0 Å². The Balaban J connectivity index is 1.93. The molecule has 0 saturated carbocycles. The average Bonchev–Trinajstić information content (AvgIpc) is 3.04. The fraction of sp³-hybridized carbons (Fsp3) is 0.143. The summed E-state index contributed by atoms with van der Waals surface area (Å²) in [6.45, 7) is 0. The summed E-state index contributed by atoms with van der Waals surface area (Å²) >= 11 is 1.40. The van der Waals surface area contributed by atoms with Crippen LogP contribution in [0.3, 0.4) is 0 Å². The summed E-state index contributed by atoms with van der Waals surface area (Å²) in [7, 11) is 0. The van der Waals surface area contributed by atoms with Crippen LogP contribution in [0.15, 0.2) is 41.7 Å². The molecular formula is C14H9F2N3O2S. The maximum absolute atomic E-state index is 13.3. The Hall–Kier alpha value is -2.35. The molecule has 0 atom stereocenters. The standard InChI is InChI=1S/C14H9F2N3O2S/c1-22-13-17-7-8-5-6-10(19(8)18-13)9-3-2-4-11-12(9)21-14(15,16)20-11/h2-7H,1H3. The average molecular weight is 321 g/mol. The van der Waals surface area contributed by atoms with Crippen LogP contribution in [-0.4, -0.2) is 27.1 Å². The Morgan fingerprint density at radius 1 is 1.18 bits per heavy atom. The van der Waals surface area contributed by atoms with Crippen LogP contribution in [-0.2, 0) is 0 Å². The zero-order valence-corrected chi connectivity index (χ0v) is 12.1. The number of aromatic nitrogens is 3. The summed E-state index contributed by atoms with van der Waals surface area (Å²) in [4.78, 5) is 4.18. The lowest BCUT2D eigenvalue weighted by molar-refractivity contribution is -0.286. The van der Waals surface area contributed by atoms with Gasteiger partial charge in [0.25, 0.3) is 0 Å². The second-order valence-corrected chi connectivity index (χ2v) is 5.37. The number of para-hydroxylation sites is 1. The molecule has 3 aromatic rings. The lowest BCUT2D eigenvalue weighted by Gasteiger charge is -2.07. The number of alkyl halides is 2. The zero-order chi connectivity index (χ0) is 15.3. The van der Waals surface area contributed by atoms with Crippen molar-refractivity contribution in [2.24, 2.45) is 0 Å². The van der Waals surface area contributed by atoms with Crippen molar-refractivity contribution >= 4 is 17.3 Å². The fourth-order valence-electron chi connectivity index (χ4n) is 2.35. The number of fused-ring (bicyclic) bond motifs is 2. The van der Waals surface area contributed by atoms with E-state index in [1.165, 1.54) is 17.8 Å². The van der Waals surface area contributed by atoms with Gasteiger partial charge in [-0.3, -0.25) is 0 Å². The summed E-state index contributed by atoms with van der Waals surface area (Å²) in [6, 6.07) is 8.36. The third kappa shape index (κ3) is 1.98. The van der Waals surface area contributed by atoms with Crippen molar-refractivity contribution in [3.8, 4) is 22.8 Å². The van der Waals surface area contributed by atoms with E-state index < -0.39 is 6.29 Å². The van der Waals surface area contributed by atoms with E-state index in [0.29, 0.717) is 16.4 Å². The van der Waals surface area contributed by atoms with Crippen molar-refractivity contribution in [1.29, 1.82) is 0 Å². The maximum Gasteiger partial charge on any atom is 0.586 e. The highest BCUT2D eigenvalue weighted by Gasteiger charge is 2.44. The third-order valence-corrected chi connectivity index (χ3v) is 3.82. The number of ether oxygens (including phenoxy) is 2. The normalized spacial score (nSPS) is 15.4. The molecule has 0 radical (unpaired) electrons. The first-order valence-corrected chi connectivity index (χ1v) is 7.58. The number of hydrogen-bond donors (Lipinski definition) is 0. The van der Waals surface area contributed by atoms with Crippen molar-refractivity contribution < 1.29 is 18.3 Å². The molecule has 1 aromatic carbocycles. The van der Waals surface area contributed by atoms with Crippen molar-refractivity contribution in [2.75, 3.05) is 6.26 Å². The predicted octanol–water partition coefficient (Wildman–Crippen LogP) is 3.44. The Labute approximate surface area is 127 Å². The molecule has 4 rings (SSSR count). The van der Waals surface area contributed by atoms with Gasteiger partial charge in [-0.05, 0) is 30.5 Å². The minimum absolute atomic E-state index is 0.0107. The highest BCUT2D eigenvalue weighted by atomic mass is 32.2. The van der Waals surface area contributed by atoms with Crippen LogP contribution in [0.25, 0.3) is 16.8 Å². The highest BCUT2D eigenvalue weighted by molar-refractivity contribution is 7.98. The van der Waals surface area contributed by atoms with Crippen LogP contribution >= 0.6 is 11.8 Å². The van der Waals surface area contributed by atoms with Gasteiger partial charge in [-0.15, -0.1) is 13.9 Å². The van der Waals surface area contributed by atoms with E-state index in [9.17, 15) is 8.78 Å². The predicted molar refractivity (Wildman–Crippen MR) is 76.4 cm³/mol. The van der Waals surface area contributed by atoms with Gasteiger partial charge >= 0.3 is 6.29 Å². The molecule has 1 aliphatic heterocycles. The molecule has 22 heavy (non-hydrogen) atoms. The Morgan fingerprint density at radius 2 is 2.05 bits per heavy atom. The van der Waals surface area contributed by atoms with Crippen LogP contribution in [0.5, 0.6) is 11.5 Å². The summed E-state index contributed by atoms with van der Waals surface area (Å²) in [5, 5.41) is 4.96. The molecule has 8 heteroatoms. The van der Waals surface area contributed by atoms with Gasteiger partial charge in [-0.1, -0.05) is 17.8 Å². The minimum Gasteiger partial charge on any atom is -0.395 e. The fourth-order valence-corrected chi connectivity index (χ4v) is 2.68. The number of thioether (sulfide) groups is 1. The number of nitrogens with zero attached hydrogens (tertiary/aromatic N) is 3. The van der Waals surface area contributed by atoms with E-state index >= 15 is 0 Å². The van der Waals surface area contributed by atoms with Gasteiger partial charge in [0, 0.05) is 5.56 Å². The smallest absolute Gasteiger partial charge is 0.395 e. The lowest BCUT2D eigenvalue weighted by Crippen LogP contribution is -2.26. The molecule has 0 fully saturated rings. The van der Waals surface area contributed by atoms with Crippen LogP contribution in [0, 0.1) is 0 Å². The first kappa shape index (κ1) is 13.3. The van der Waals surface area contributed by atoms with Gasteiger partial charge < -0.3 is 9.47 Å². The van der Waals surface area contributed by atoms with Gasteiger partial charge in [-0.2, -0.15) is 0 Å². The number of halogens is 2. The Bertz CT molecular complexity index is 882. The van der Waals surface area contributed by atoms with Crippen molar-refractivity contribution in [3.05, 3.63) is 36.5 Å². The van der Waals surface area contributed by atoms with Gasteiger partial charge in [-0.25, -0.2) is 9.50 Å². The van der Waals surface area contributed by atoms with Gasteiger partial charge in [0.1, 0.15) is 0 Å². The molecule has 0 bridgehead atoms. The van der Waals surface area contributed by atoms with Crippen molar-refractivity contribution in [1.82, 2.24) is 14.6 Å². The molecule has 0 aliphatic carbocycles. The summed E-state index contributed by atoms with van der Waals surface area (Å²) in [5.74, 6) is 0.0217. The van der Waals surface area contributed by atoms with Crippen molar-refractivity contribution in [3.63, 3.8) is 0 Å². The summed E-state index contributed by atoms with van der Waals surface area (Å²) in [5.41, 5.74) is 1.88. The van der Waals surface area contributed by atoms with E-state index in [1.807, 2.05) is 12.3 Å². The number of benzene rings is 1. The molecule has 3 heterocycles. The molecule has 2 aromatic heterocycles. The molecule has 1 aliphatic rings. The van der Waals surface area contributed by atoms with Crippen LogP contribution in [0.4, 0.5) is 8.78 Å². The summed E-state index contributed by atoms with van der Waals surface area (Å²) in [6.07, 6.45) is -0.107. The lowest BCUT2D eigenvalue weighted by atomic mass is 10.1. The quantitative estimate of drug-likeness (QED) is 0.677. The Morgan fingerprint density at radius 3 is 2.86 bits per heavy atom. The monoisotopic (exact) mass is 321 g/mol. The maximum atomic E-state index is 13.3. The molecule has 0 amide bonds. The number of hydrogen-bond acceptors (Lipinski definition) is 5. The first-order chi connectivity index (χ1) is 10.6. The topological polar surface area (TPSA) is 48.7 Å². The third-order valence-electron chi connectivity index (χ3n) is 3.26. The van der Waals surface area contributed by atoms with E-state index in [0.717, 1.165) is 5.52 Å². The molecular weight excluding hydrogens is 312 g/mol. The molecule has 0 spiro atoms. The Kier molecular flexibility index (Phi) is 2.77. The number of rotatable bonds is 2. The van der Waals surface area contributed by atoms with Gasteiger partial charge in [0.05, 0.1) is 17.4 Å². The van der Waals surface area contributed by atoms with E-state index in [-0.39, 0.29) is 11.5 Å². The SMILES string of the molecule is CSc1ncc2ccc(-c3cccc4c3OC(F)(F)O4)n2n1. The van der Waals surface area contributed by atoms with Gasteiger partial charge in [0.2, 0.25) is 5.16 Å². The van der Waals surface area contributed by atoms with Gasteiger partial charge in [0.15, 0.2) is 11.5 Å². The van der Waals surface area contributed by atoms with Crippen molar-refractivity contribution in [2.45, 2.75) is 11.5 Å². The molecule has 0 unspecified atom stereocenters. The molecule has 112 valence electrons. The second kappa shape index (κ2) is 4.57. The van der Waals surface area contributed by atoms with Crippen LogP contribution < -0.4 is 9.47 Å². The first-order valence-electron chi connectivity index (χ1n) is 6.35. The van der Waals surface area contributed by atoms with E-state index in [4.69, 9.17) is 0 Å².